The number of nitrogens with two attached hydrogens (primary N) is 1. The van der Waals surface area contributed by atoms with Gasteiger partial charge >= 0.3 is 0 Å². The standard InChI is InChI=1S/C11H14N2/c1-2-8-13-11(9-12)10-6-4-3-5-7-10/h1,3-7,11,13H,8-9,12H2. The van der Waals surface area contributed by atoms with Gasteiger partial charge in [0, 0.05) is 12.6 Å². The minimum absolute atomic E-state index is 0.164. The summed E-state index contributed by atoms with van der Waals surface area (Å²) in [6.45, 7) is 1.11. The fourth-order valence-electron chi connectivity index (χ4n) is 1.20. The first-order valence-corrected chi connectivity index (χ1v) is 4.30. The smallest absolute Gasteiger partial charge is 0.0578 e. The molecule has 3 N–H and O–H groups in total. The van der Waals surface area contributed by atoms with Crippen molar-refractivity contribution in [2.24, 2.45) is 5.73 Å². The van der Waals surface area contributed by atoms with E-state index in [4.69, 9.17) is 12.2 Å². The van der Waals surface area contributed by atoms with Crippen molar-refractivity contribution >= 4 is 0 Å². The van der Waals surface area contributed by atoms with E-state index in [1.165, 1.54) is 5.56 Å². The molecule has 0 saturated carbocycles. The molecule has 0 radical (unpaired) electrons. The molecule has 2 heteroatoms. The quantitative estimate of drug-likeness (QED) is 0.666. The van der Waals surface area contributed by atoms with Crippen molar-refractivity contribution in [3.8, 4) is 12.3 Å². The van der Waals surface area contributed by atoms with Crippen LogP contribution in [-0.4, -0.2) is 13.1 Å². The Morgan fingerprint density at radius 2 is 2.08 bits per heavy atom. The van der Waals surface area contributed by atoms with Crippen LogP contribution in [0.3, 0.4) is 0 Å². The summed E-state index contributed by atoms with van der Waals surface area (Å²) in [7, 11) is 0. The Balaban J connectivity index is 2.63. The molecule has 1 atom stereocenters. The third kappa shape index (κ3) is 2.90. The van der Waals surface area contributed by atoms with Gasteiger partial charge in [0.25, 0.3) is 0 Å². The van der Waals surface area contributed by atoms with Crippen LogP contribution in [0, 0.1) is 12.3 Å². The Morgan fingerprint density at radius 1 is 1.38 bits per heavy atom. The molecule has 0 aliphatic heterocycles. The van der Waals surface area contributed by atoms with Crippen molar-refractivity contribution < 1.29 is 0 Å². The Labute approximate surface area is 79.1 Å². The van der Waals surface area contributed by atoms with Gasteiger partial charge in [-0.3, -0.25) is 5.32 Å². The average Bonchev–Trinajstić information content (AvgIpc) is 2.21. The first-order chi connectivity index (χ1) is 6.38. The van der Waals surface area contributed by atoms with E-state index in [9.17, 15) is 0 Å². The topological polar surface area (TPSA) is 38.0 Å². The molecule has 0 aliphatic carbocycles. The van der Waals surface area contributed by atoms with E-state index in [1.54, 1.807) is 0 Å². The molecule has 0 bridgehead atoms. The van der Waals surface area contributed by atoms with Gasteiger partial charge in [-0.2, -0.15) is 0 Å². The molecule has 68 valence electrons. The molecule has 0 saturated heterocycles. The van der Waals surface area contributed by atoms with Crippen LogP contribution >= 0.6 is 0 Å². The van der Waals surface area contributed by atoms with Gasteiger partial charge in [0.1, 0.15) is 0 Å². The van der Waals surface area contributed by atoms with E-state index in [2.05, 4.69) is 11.2 Å². The minimum Gasteiger partial charge on any atom is -0.329 e. The van der Waals surface area contributed by atoms with Crippen molar-refractivity contribution in [3.63, 3.8) is 0 Å². The normalized spacial score (nSPS) is 12.0. The highest BCUT2D eigenvalue weighted by Gasteiger charge is 2.05. The summed E-state index contributed by atoms with van der Waals surface area (Å²) in [5.74, 6) is 2.54. The molecule has 0 aliphatic rings. The van der Waals surface area contributed by atoms with Gasteiger partial charge in [-0.15, -0.1) is 6.42 Å². The minimum atomic E-state index is 0.164. The van der Waals surface area contributed by atoms with Crippen molar-refractivity contribution in [1.29, 1.82) is 0 Å². The molecular formula is C11H14N2. The van der Waals surface area contributed by atoms with Crippen LogP contribution in [0.2, 0.25) is 0 Å². The molecule has 1 aromatic rings. The number of benzene rings is 1. The lowest BCUT2D eigenvalue weighted by Crippen LogP contribution is -2.28. The molecule has 0 spiro atoms. The van der Waals surface area contributed by atoms with Crippen LogP contribution in [0.5, 0.6) is 0 Å². The Hall–Kier alpha value is -1.30. The summed E-state index contributed by atoms with van der Waals surface area (Å²) in [5.41, 5.74) is 6.80. The lowest BCUT2D eigenvalue weighted by molar-refractivity contribution is 0.582. The molecule has 1 aromatic carbocycles. The predicted molar refractivity (Wildman–Crippen MR) is 55.1 cm³/mol. The molecule has 0 fully saturated rings. The summed E-state index contributed by atoms with van der Waals surface area (Å²) >= 11 is 0. The first-order valence-electron chi connectivity index (χ1n) is 4.30. The summed E-state index contributed by atoms with van der Waals surface area (Å²) in [6.07, 6.45) is 5.16. The molecule has 0 amide bonds. The van der Waals surface area contributed by atoms with Crippen molar-refractivity contribution in [2.75, 3.05) is 13.1 Å². The highest BCUT2D eigenvalue weighted by atomic mass is 14.9. The fraction of sp³-hybridized carbons (Fsp3) is 0.273. The predicted octanol–water partition coefficient (Wildman–Crippen LogP) is 0.909. The third-order valence-corrected chi connectivity index (χ3v) is 1.89. The number of hydrogen-bond acceptors (Lipinski definition) is 2. The second-order valence-corrected chi connectivity index (χ2v) is 2.78. The lowest BCUT2D eigenvalue weighted by atomic mass is 10.1. The fourth-order valence-corrected chi connectivity index (χ4v) is 1.20. The Kier molecular flexibility index (Phi) is 4.04. The summed E-state index contributed by atoms with van der Waals surface area (Å²) < 4.78 is 0. The number of nitrogens with one attached hydrogen (secondary N) is 1. The molecule has 1 unspecified atom stereocenters. The van der Waals surface area contributed by atoms with Gasteiger partial charge in [-0.25, -0.2) is 0 Å². The zero-order valence-corrected chi connectivity index (χ0v) is 7.53. The molecule has 2 nitrogen and oxygen atoms in total. The van der Waals surface area contributed by atoms with Crippen LogP contribution in [-0.2, 0) is 0 Å². The molecule has 0 heterocycles. The van der Waals surface area contributed by atoms with Gasteiger partial charge in [0.2, 0.25) is 0 Å². The maximum atomic E-state index is 5.61. The molecule has 0 aromatic heterocycles. The van der Waals surface area contributed by atoms with E-state index < -0.39 is 0 Å². The zero-order valence-electron chi connectivity index (χ0n) is 7.53. The Bertz CT molecular complexity index is 274. The highest BCUT2D eigenvalue weighted by Crippen LogP contribution is 2.09. The average molecular weight is 174 g/mol. The molecular weight excluding hydrogens is 160 g/mol. The van der Waals surface area contributed by atoms with Crippen LogP contribution < -0.4 is 11.1 Å². The van der Waals surface area contributed by atoms with Crippen LogP contribution in [0.1, 0.15) is 11.6 Å². The molecule has 13 heavy (non-hydrogen) atoms. The van der Waals surface area contributed by atoms with Crippen LogP contribution in [0.25, 0.3) is 0 Å². The zero-order chi connectivity index (χ0) is 9.52. The number of terminal acetylenes is 1. The number of hydrogen-bond donors (Lipinski definition) is 2. The van der Waals surface area contributed by atoms with Gasteiger partial charge in [0.05, 0.1) is 6.54 Å². The molecule has 1 rings (SSSR count). The SMILES string of the molecule is C#CCNC(CN)c1ccccc1. The van der Waals surface area contributed by atoms with Gasteiger partial charge in [-0.05, 0) is 5.56 Å². The van der Waals surface area contributed by atoms with Crippen LogP contribution in [0.4, 0.5) is 0 Å². The monoisotopic (exact) mass is 174 g/mol. The second-order valence-electron chi connectivity index (χ2n) is 2.78. The van der Waals surface area contributed by atoms with Crippen molar-refractivity contribution in [1.82, 2.24) is 5.32 Å². The highest BCUT2D eigenvalue weighted by molar-refractivity contribution is 5.19. The maximum absolute atomic E-state index is 5.61. The first kappa shape index (κ1) is 9.79. The Morgan fingerprint density at radius 3 is 2.62 bits per heavy atom. The van der Waals surface area contributed by atoms with Gasteiger partial charge in [0.15, 0.2) is 0 Å². The maximum Gasteiger partial charge on any atom is 0.0578 e. The van der Waals surface area contributed by atoms with E-state index in [0.29, 0.717) is 13.1 Å². The van der Waals surface area contributed by atoms with E-state index in [1.807, 2.05) is 30.3 Å². The van der Waals surface area contributed by atoms with E-state index >= 15 is 0 Å². The van der Waals surface area contributed by atoms with E-state index in [0.717, 1.165) is 0 Å². The second kappa shape index (κ2) is 5.36. The lowest BCUT2D eigenvalue weighted by Gasteiger charge is -2.15. The van der Waals surface area contributed by atoms with E-state index in [-0.39, 0.29) is 6.04 Å². The number of rotatable bonds is 4. The van der Waals surface area contributed by atoms with Gasteiger partial charge < -0.3 is 5.73 Å². The third-order valence-electron chi connectivity index (χ3n) is 1.89. The largest absolute Gasteiger partial charge is 0.329 e. The summed E-state index contributed by atoms with van der Waals surface area (Å²) in [4.78, 5) is 0. The summed E-state index contributed by atoms with van der Waals surface area (Å²) in [5, 5.41) is 3.17. The van der Waals surface area contributed by atoms with Crippen LogP contribution in [0.15, 0.2) is 30.3 Å². The van der Waals surface area contributed by atoms with Crippen molar-refractivity contribution in [3.05, 3.63) is 35.9 Å². The van der Waals surface area contributed by atoms with Gasteiger partial charge in [-0.1, -0.05) is 36.3 Å². The van der Waals surface area contributed by atoms with Crippen molar-refractivity contribution in [2.45, 2.75) is 6.04 Å². The summed E-state index contributed by atoms with van der Waals surface area (Å²) in [6, 6.07) is 10.2.